The number of aryl methyl sites for hydroxylation is 2. The first-order valence-electron chi connectivity index (χ1n) is 7.29. The van der Waals surface area contributed by atoms with Gasteiger partial charge in [0.2, 0.25) is 5.91 Å². The standard InChI is InChI=1S/C18H20ClNO2S/c1-11-5-7-15(9-12(11)2)23-13(3)18(21)20-16-10-14(19)6-8-17(16)22-4/h5-10,13H,1-4H3,(H,20,21)/t13-/m0/s1. The highest BCUT2D eigenvalue weighted by Gasteiger charge is 2.17. The Kier molecular flexibility index (Phi) is 5.97. The molecule has 5 heteroatoms. The molecule has 2 aromatic rings. The predicted molar refractivity (Wildman–Crippen MR) is 97.9 cm³/mol. The third-order valence-corrected chi connectivity index (χ3v) is 4.91. The number of benzene rings is 2. The summed E-state index contributed by atoms with van der Waals surface area (Å²) in [4.78, 5) is 13.5. The zero-order valence-electron chi connectivity index (χ0n) is 13.6. The second kappa shape index (κ2) is 7.75. The van der Waals surface area contributed by atoms with Gasteiger partial charge in [-0.1, -0.05) is 17.7 Å². The van der Waals surface area contributed by atoms with Crippen LogP contribution in [-0.2, 0) is 4.79 Å². The first-order chi connectivity index (χ1) is 10.9. The Morgan fingerprint density at radius 2 is 1.91 bits per heavy atom. The molecular weight excluding hydrogens is 330 g/mol. The average molecular weight is 350 g/mol. The Hall–Kier alpha value is -1.65. The minimum atomic E-state index is -0.235. The summed E-state index contributed by atoms with van der Waals surface area (Å²) in [5, 5.41) is 3.20. The van der Waals surface area contributed by atoms with Crippen molar-refractivity contribution >= 4 is 35.0 Å². The van der Waals surface area contributed by atoms with E-state index in [9.17, 15) is 4.79 Å². The largest absolute Gasteiger partial charge is 0.495 e. The van der Waals surface area contributed by atoms with Crippen LogP contribution in [0.3, 0.4) is 0 Å². The fourth-order valence-corrected chi connectivity index (χ4v) is 3.19. The van der Waals surface area contributed by atoms with Crippen molar-refractivity contribution in [3.05, 3.63) is 52.5 Å². The summed E-state index contributed by atoms with van der Waals surface area (Å²) in [6, 6.07) is 11.4. The summed E-state index contributed by atoms with van der Waals surface area (Å²) in [5.41, 5.74) is 3.05. The van der Waals surface area contributed by atoms with Gasteiger partial charge in [-0.2, -0.15) is 0 Å². The van der Waals surface area contributed by atoms with Crippen LogP contribution in [0.5, 0.6) is 5.75 Å². The highest BCUT2D eigenvalue weighted by molar-refractivity contribution is 8.00. The van der Waals surface area contributed by atoms with Crippen LogP contribution in [0.1, 0.15) is 18.1 Å². The van der Waals surface area contributed by atoms with Crippen molar-refractivity contribution in [3.63, 3.8) is 0 Å². The molecule has 1 atom stereocenters. The van der Waals surface area contributed by atoms with E-state index in [2.05, 4.69) is 31.3 Å². The summed E-state index contributed by atoms with van der Waals surface area (Å²) >= 11 is 7.51. The number of hydrogen-bond acceptors (Lipinski definition) is 3. The number of nitrogens with one attached hydrogen (secondary N) is 1. The molecule has 0 saturated carbocycles. The van der Waals surface area contributed by atoms with Crippen LogP contribution in [0.25, 0.3) is 0 Å². The second-order valence-electron chi connectivity index (χ2n) is 5.34. The number of methoxy groups -OCH3 is 1. The fraction of sp³-hybridized carbons (Fsp3) is 0.278. The van der Waals surface area contributed by atoms with Crippen LogP contribution in [0.2, 0.25) is 5.02 Å². The summed E-state index contributed by atoms with van der Waals surface area (Å²) in [6.07, 6.45) is 0. The fourth-order valence-electron chi connectivity index (χ4n) is 2.06. The number of anilines is 1. The summed E-state index contributed by atoms with van der Waals surface area (Å²) in [5.74, 6) is 0.500. The molecule has 0 saturated heterocycles. The number of halogens is 1. The molecule has 0 aliphatic rings. The molecule has 2 rings (SSSR count). The lowest BCUT2D eigenvalue weighted by Gasteiger charge is -2.15. The molecule has 0 unspecified atom stereocenters. The monoisotopic (exact) mass is 349 g/mol. The van der Waals surface area contributed by atoms with Gasteiger partial charge in [0.25, 0.3) is 0 Å². The molecular formula is C18H20ClNO2S. The number of amides is 1. The summed E-state index contributed by atoms with van der Waals surface area (Å²) < 4.78 is 5.25. The molecule has 2 aromatic carbocycles. The molecule has 0 fully saturated rings. The molecule has 3 nitrogen and oxygen atoms in total. The molecule has 1 amide bonds. The van der Waals surface area contributed by atoms with Gasteiger partial charge < -0.3 is 10.1 Å². The smallest absolute Gasteiger partial charge is 0.237 e. The molecule has 1 N–H and O–H groups in total. The van der Waals surface area contributed by atoms with E-state index in [1.807, 2.05) is 13.0 Å². The maximum absolute atomic E-state index is 12.4. The number of ether oxygens (including phenoxy) is 1. The third-order valence-electron chi connectivity index (χ3n) is 3.58. The molecule has 0 aliphatic heterocycles. The number of hydrogen-bond donors (Lipinski definition) is 1. The van der Waals surface area contributed by atoms with E-state index in [0.29, 0.717) is 16.5 Å². The second-order valence-corrected chi connectivity index (χ2v) is 7.19. The van der Waals surface area contributed by atoms with Gasteiger partial charge in [-0.3, -0.25) is 4.79 Å². The zero-order valence-corrected chi connectivity index (χ0v) is 15.2. The van der Waals surface area contributed by atoms with E-state index in [1.54, 1.807) is 25.3 Å². The minimum absolute atomic E-state index is 0.0891. The van der Waals surface area contributed by atoms with E-state index in [0.717, 1.165) is 4.90 Å². The van der Waals surface area contributed by atoms with Gasteiger partial charge >= 0.3 is 0 Å². The van der Waals surface area contributed by atoms with Crippen molar-refractivity contribution in [2.75, 3.05) is 12.4 Å². The topological polar surface area (TPSA) is 38.3 Å². The maximum Gasteiger partial charge on any atom is 0.237 e. The first-order valence-corrected chi connectivity index (χ1v) is 8.55. The van der Waals surface area contributed by atoms with Crippen LogP contribution >= 0.6 is 23.4 Å². The molecule has 23 heavy (non-hydrogen) atoms. The quantitative estimate of drug-likeness (QED) is 0.764. The SMILES string of the molecule is COc1ccc(Cl)cc1NC(=O)[C@H](C)Sc1ccc(C)c(C)c1. The maximum atomic E-state index is 12.4. The van der Waals surface area contributed by atoms with Crippen molar-refractivity contribution in [2.24, 2.45) is 0 Å². The first kappa shape index (κ1) is 17.7. The van der Waals surface area contributed by atoms with Crippen molar-refractivity contribution in [1.82, 2.24) is 0 Å². The molecule has 0 radical (unpaired) electrons. The lowest BCUT2D eigenvalue weighted by atomic mass is 10.1. The van der Waals surface area contributed by atoms with Crippen LogP contribution in [-0.4, -0.2) is 18.3 Å². The number of carbonyl (C=O) groups excluding carboxylic acids is 1. The van der Waals surface area contributed by atoms with Gasteiger partial charge in [0, 0.05) is 9.92 Å². The highest BCUT2D eigenvalue weighted by Crippen LogP contribution is 2.30. The van der Waals surface area contributed by atoms with Crippen molar-refractivity contribution < 1.29 is 9.53 Å². The Morgan fingerprint density at radius 1 is 1.17 bits per heavy atom. The van der Waals surface area contributed by atoms with Gasteiger partial charge in [-0.05, 0) is 62.2 Å². The molecule has 0 heterocycles. The third kappa shape index (κ3) is 4.66. The Bertz CT molecular complexity index is 718. The zero-order chi connectivity index (χ0) is 17.0. The van der Waals surface area contributed by atoms with Gasteiger partial charge in [-0.25, -0.2) is 0 Å². The van der Waals surface area contributed by atoms with Crippen molar-refractivity contribution in [1.29, 1.82) is 0 Å². The predicted octanol–water partition coefficient (Wildman–Crippen LogP) is 5.08. The van der Waals surface area contributed by atoms with Gasteiger partial charge in [-0.15, -0.1) is 11.8 Å². The number of thioether (sulfide) groups is 1. The van der Waals surface area contributed by atoms with Gasteiger partial charge in [0.1, 0.15) is 5.75 Å². The van der Waals surface area contributed by atoms with E-state index in [1.165, 1.54) is 22.9 Å². The molecule has 0 aliphatic carbocycles. The van der Waals surface area contributed by atoms with Gasteiger partial charge in [0.05, 0.1) is 18.0 Å². The van der Waals surface area contributed by atoms with Crippen molar-refractivity contribution in [2.45, 2.75) is 30.9 Å². The lowest BCUT2D eigenvalue weighted by Crippen LogP contribution is -2.22. The number of rotatable bonds is 5. The Morgan fingerprint density at radius 3 is 2.57 bits per heavy atom. The molecule has 0 spiro atoms. The van der Waals surface area contributed by atoms with Gasteiger partial charge in [0.15, 0.2) is 0 Å². The Labute approximate surface area is 146 Å². The normalized spacial score (nSPS) is 11.9. The van der Waals surface area contributed by atoms with E-state index in [4.69, 9.17) is 16.3 Å². The highest BCUT2D eigenvalue weighted by atomic mass is 35.5. The average Bonchev–Trinajstić information content (AvgIpc) is 2.51. The van der Waals surface area contributed by atoms with E-state index >= 15 is 0 Å². The Balaban J connectivity index is 2.08. The van der Waals surface area contributed by atoms with Crippen molar-refractivity contribution in [3.8, 4) is 5.75 Å². The van der Waals surface area contributed by atoms with Crippen LogP contribution in [0, 0.1) is 13.8 Å². The van der Waals surface area contributed by atoms with Crippen LogP contribution in [0.4, 0.5) is 5.69 Å². The van der Waals surface area contributed by atoms with Crippen LogP contribution < -0.4 is 10.1 Å². The van der Waals surface area contributed by atoms with E-state index in [-0.39, 0.29) is 11.2 Å². The summed E-state index contributed by atoms with van der Waals surface area (Å²) in [6.45, 7) is 6.03. The lowest BCUT2D eigenvalue weighted by molar-refractivity contribution is -0.115. The summed E-state index contributed by atoms with van der Waals surface area (Å²) in [7, 11) is 1.56. The molecule has 0 bridgehead atoms. The molecule has 122 valence electrons. The minimum Gasteiger partial charge on any atom is -0.495 e. The van der Waals surface area contributed by atoms with Crippen LogP contribution in [0.15, 0.2) is 41.3 Å². The van der Waals surface area contributed by atoms with E-state index < -0.39 is 0 Å². The molecule has 0 aromatic heterocycles. The number of carbonyl (C=O) groups is 1.